The Bertz CT molecular complexity index is 254. The number of hydrogen-bond acceptors (Lipinski definition) is 2. The Morgan fingerprint density at radius 2 is 2.36 bits per heavy atom. The van der Waals surface area contributed by atoms with Crippen molar-refractivity contribution in [2.45, 2.75) is 6.42 Å². The molecular formula is C8H10BrNO. The van der Waals surface area contributed by atoms with Crippen LogP contribution in [0, 0.1) is 0 Å². The fraction of sp³-hybridized carbons (Fsp3) is 0.250. The van der Waals surface area contributed by atoms with Gasteiger partial charge in [-0.1, -0.05) is 6.58 Å². The van der Waals surface area contributed by atoms with Crippen LogP contribution >= 0.6 is 15.9 Å². The van der Waals surface area contributed by atoms with Gasteiger partial charge in [0.2, 0.25) is 0 Å². The second kappa shape index (κ2) is 3.74. The smallest absolute Gasteiger partial charge is 0.169 e. The number of rotatable bonds is 3. The van der Waals surface area contributed by atoms with E-state index in [2.05, 4.69) is 22.5 Å². The van der Waals surface area contributed by atoms with E-state index in [-0.39, 0.29) is 0 Å². The molecule has 0 unspecified atom stereocenters. The summed E-state index contributed by atoms with van der Waals surface area (Å²) in [6, 6.07) is 3.72. The van der Waals surface area contributed by atoms with E-state index >= 15 is 0 Å². The van der Waals surface area contributed by atoms with Crippen molar-refractivity contribution in [3.63, 3.8) is 0 Å². The van der Waals surface area contributed by atoms with Gasteiger partial charge in [-0.15, -0.1) is 0 Å². The van der Waals surface area contributed by atoms with E-state index in [1.54, 1.807) is 0 Å². The van der Waals surface area contributed by atoms with Crippen molar-refractivity contribution in [2.24, 2.45) is 5.73 Å². The molecule has 0 bridgehead atoms. The van der Waals surface area contributed by atoms with Crippen molar-refractivity contribution >= 4 is 21.5 Å². The van der Waals surface area contributed by atoms with Crippen molar-refractivity contribution in [1.82, 2.24) is 0 Å². The van der Waals surface area contributed by atoms with Crippen LogP contribution in [0.2, 0.25) is 0 Å². The molecule has 0 aromatic carbocycles. The Kier molecular flexibility index (Phi) is 2.91. The normalized spacial score (nSPS) is 10.0. The monoisotopic (exact) mass is 215 g/mol. The third-order valence-electron chi connectivity index (χ3n) is 1.37. The lowest BCUT2D eigenvalue weighted by molar-refractivity contribution is 0.525. The van der Waals surface area contributed by atoms with E-state index in [1.165, 1.54) is 0 Å². The van der Waals surface area contributed by atoms with Crippen molar-refractivity contribution in [3.05, 3.63) is 29.1 Å². The van der Waals surface area contributed by atoms with Gasteiger partial charge in [0, 0.05) is 0 Å². The van der Waals surface area contributed by atoms with Gasteiger partial charge < -0.3 is 10.2 Å². The summed E-state index contributed by atoms with van der Waals surface area (Å²) in [5, 5.41) is 0. The molecule has 1 aromatic heterocycles. The van der Waals surface area contributed by atoms with Crippen LogP contribution < -0.4 is 5.73 Å². The van der Waals surface area contributed by atoms with Crippen LogP contribution in [0.1, 0.15) is 12.2 Å². The summed E-state index contributed by atoms with van der Waals surface area (Å²) in [6.45, 7) is 4.44. The molecule has 0 saturated heterocycles. The highest BCUT2D eigenvalue weighted by Crippen LogP contribution is 2.21. The average Bonchev–Trinajstić information content (AvgIpc) is 2.36. The maximum Gasteiger partial charge on any atom is 0.169 e. The molecular weight excluding hydrogens is 206 g/mol. The third-order valence-corrected chi connectivity index (χ3v) is 1.79. The number of hydrogen-bond donors (Lipinski definition) is 1. The van der Waals surface area contributed by atoms with Crippen LogP contribution in [0.5, 0.6) is 0 Å². The zero-order chi connectivity index (χ0) is 8.27. The number of nitrogens with two attached hydrogens (primary N) is 1. The average molecular weight is 216 g/mol. The van der Waals surface area contributed by atoms with Gasteiger partial charge in [0.1, 0.15) is 5.76 Å². The van der Waals surface area contributed by atoms with Gasteiger partial charge in [-0.25, -0.2) is 0 Å². The van der Waals surface area contributed by atoms with E-state index in [1.807, 2.05) is 12.1 Å². The topological polar surface area (TPSA) is 39.2 Å². The summed E-state index contributed by atoms with van der Waals surface area (Å²) in [4.78, 5) is 0. The summed E-state index contributed by atoms with van der Waals surface area (Å²) in [7, 11) is 0. The summed E-state index contributed by atoms with van der Waals surface area (Å²) in [5.74, 6) is 0.808. The summed E-state index contributed by atoms with van der Waals surface area (Å²) in [6.07, 6.45) is 0.778. The number of halogens is 1. The first-order chi connectivity index (χ1) is 5.24. The molecule has 11 heavy (non-hydrogen) atoms. The predicted molar refractivity (Wildman–Crippen MR) is 49.1 cm³/mol. The minimum absolute atomic E-state index is 0.608. The third kappa shape index (κ3) is 2.20. The van der Waals surface area contributed by atoms with Crippen molar-refractivity contribution in [1.29, 1.82) is 0 Å². The molecule has 0 saturated carbocycles. The molecule has 0 fully saturated rings. The van der Waals surface area contributed by atoms with Crippen molar-refractivity contribution in [2.75, 3.05) is 6.54 Å². The highest BCUT2D eigenvalue weighted by atomic mass is 79.9. The molecule has 0 radical (unpaired) electrons. The molecule has 2 N–H and O–H groups in total. The van der Waals surface area contributed by atoms with Crippen molar-refractivity contribution < 1.29 is 4.42 Å². The van der Waals surface area contributed by atoms with Crippen LogP contribution in [-0.4, -0.2) is 6.54 Å². The maximum atomic E-state index is 5.36. The van der Waals surface area contributed by atoms with E-state index < -0.39 is 0 Å². The van der Waals surface area contributed by atoms with E-state index in [0.29, 0.717) is 6.54 Å². The van der Waals surface area contributed by atoms with E-state index in [4.69, 9.17) is 10.2 Å². The van der Waals surface area contributed by atoms with E-state index in [0.717, 1.165) is 22.4 Å². The lowest BCUT2D eigenvalue weighted by Gasteiger charge is -1.97. The predicted octanol–water partition coefficient (Wildman–Crippen LogP) is 2.40. The SMILES string of the molecule is C=C(CCN)c1ccc(Br)o1. The van der Waals surface area contributed by atoms with Gasteiger partial charge >= 0.3 is 0 Å². The molecule has 1 rings (SSSR count). The first-order valence-electron chi connectivity index (χ1n) is 3.37. The first-order valence-corrected chi connectivity index (χ1v) is 4.17. The zero-order valence-electron chi connectivity index (χ0n) is 6.14. The fourth-order valence-corrected chi connectivity index (χ4v) is 1.11. The largest absolute Gasteiger partial charge is 0.450 e. The first kappa shape index (κ1) is 8.56. The van der Waals surface area contributed by atoms with Gasteiger partial charge in [0.05, 0.1) is 0 Å². The second-order valence-corrected chi connectivity index (χ2v) is 3.03. The minimum atomic E-state index is 0.608. The van der Waals surface area contributed by atoms with Crippen LogP contribution in [-0.2, 0) is 0 Å². The van der Waals surface area contributed by atoms with E-state index in [9.17, 15) is 0 Å². The second-order valence-electron chi connectivity index (χ2n) is 2.25. The standard InChI is InChI=1S/C8H10BrNO/c1-6(4-5-10)7-2-3-8(9)11-7/h2-3H,1,4-5,10H2. The molecule has 60 valence electrons. The zero-order valence-corrected chi connectivity index (χ0v) is 7.73. The minimum Gasteiger partial charge on any atom is -0.450 e. The van der Waals surface area contributed by atoms with Gasteiger partial charge in [-0.2, -0.15) is 0 Å². The molecule has 0 aliphatic heterocycles. The molecule has 0 aliphatic rings. The quantitative estimate of drug-likeness (QED) is 0.842. The van der Waals surface area contributed by atoms with Crippen LogP contribution in [0.4, 0.5) is 0 Å². The molecule has 1 aromatic rings. The molecule has 0 atom stereocenters. The Morgan fingerprint density at radius 1 is 1.64 bits per heavy atom. The highest BCUT2D eigenvalue weighted by Gasteiger charge is 2.02. The van der Waals surface area contributed by atoms with Crippen LogP contribution in [0.25, 0.3) is 5.57 Å². The molecule has 0 aliphatic carbocycles. The Balaban J connectivity index is 2.69. The molecule has 2 nitrogen and oxygen atoms in total. The lowest BCUT2D eigenvalue weighted by Crippen LogP contribution is -1.98. The maximum absolute atomic E-state index is 5.36. The van der Waals surface area contributed by atoms with Crippen LogP contribution in [0.3, 0.4) is 0 Å². The van der Waals surface area contributed by atoms with Gasteiger partial charge in [0.25, 0.3) is 0 Å². The van der Waals surface area contributed by atoms with Gasteiger partial charge in [0.15, 0.2) is 4.67 Å². The molecule has 0 spiro atoms. The summed E-state index contributed by atoms with van der Waals surface area (Å²) < 4.78 is 5.99. The van der Waals surface area contributed by atoms with Crippen LogP contribution in [0.15, 0.2) is 27.8 Å². The van der Waals surface area contributed by atoms with Crippen molar-refractivity contribution in [3.8, 4) is 0 Å². The highest BCUT2D eigenvalue weighted by molar-refractivity contribution is 9.10. The van der Waals surface area contributed by atoms with Gasteiger partial charge in [-0.3, -0.25) is 0 Å². The molecule has 1 heterocycles. The Hall–Kier alpha value is -0.540. The Labute approximate surface area is 74.2 Å². The summed E-state index contributed by atoms with van der Waals surface area (Å²) >= 11 is 3.21. The number of furan rings is 1. The van der Waals surface area contributed by atoms with Gasteiger partial charge in [-0.05, 0) is 46.6 Å². The summed E-state index contributed by atoms with van der Waals surface area (Å²) in [5.41, 5.74) is 6.30. The Morgan fingerprint density at radius 3 is 2.82 bits per heavy atom. The lowest BCUT2D eigenvalue weighted by atomic mass is 10.2. The fourth-order valence-electron chi connectivity index (χ4n) is 0.802. The molecule has 3 heteroatoms. The molecule has 0 amide bonds.